The van der Waals surface area contributed by atoms with Crippen LogP contribution in [0.15, 0.2) is 24.5 Å². The molecule has 1 amide bonds. The Bertz CT molecular complexity index is 461. The monoisotopic (exact) mass is 189 g/mol. The van der Waals surface area contributed by atoms with Crippen molar-refractivity contribution in [3.05, 3.63) is 30.1 Å². The second-order valence-electron chi connectivity index (χ2n) is 3.06. The van der Waals surface area contributed by atoms with Crippen LogP contribution in [-0.2, 0) is 11.2 Å². The lowest BCUT2D eigenvalue weighted by Gasteiger charge is -1.96. The number of H-pyrrole nitrogens is 1. The van der Waals surface area contributed by atoms with Gasteiger partial charge < -0.3 is 10.3 Å². The molecule has 72 valence electrons. The summed E-state index contributed by atoms with van der Waals surface area (Å²) in [6.07, 6.45) is 3.92. The second kappa shape index (κ2) is 3.49. The molecular weight excluding hydrogens is 178 g/mol. The number of carbonyl (C=O) groups is 1. The first-order chi connectivity index (χ1) is 6.81. The van der Waals surface area contributed by atoms with Gasteiger partial charge in [-0.2, -0.15) is 0 Å². The highest BCUT2D eigenvalue weighted by molar-refractivity contribution is 5.86. The van der Waals surface area contributed by atoms with Crippen molar-refractivity contribution in [2.24, 2.45) is 0 Å². The van der Waals surface area contributed by atoms with Gasteiger partial charge in [0.25, 0.3) is 0 Å². The summed E-state index contributed by atoms with van der Waals surface area (Å²) < 4.78 is 0. The van der Waals surface area contributed by atoms with Gasteiger partial charge >= 0.3 is 0 Å². The first-order valence-electron chi connectivity index (χ1n) is 4.43. The molecule has 2 heterocycles. The Morgan fingerprint density at radius 2 is 2.50 bits per heavy atom. The fourth-order valence-electron chi connectivity index (χ4n) is 1.41. The molecule has 2 N–H and O–H groups in total. The first kappa shape index (κ1) is 8.74. The van der Waals surface area contributed by atoms with Crippen molar-refractivity contribution < 1.29 is 4.79 Å². The molecular formula is C10H11N3O. The van der Waals surface area contributed by atoms with Gasteiger partial charge in [0, 0.05) is 25.0 Å². The summed E-state index contributed by atoms with van der Waals surface area (Å²) in [5, 5.41) is 2.59. The third-order valence-electron chi connectivity index (χ3n) is 2.14. The number of aromatic nitrogens is 2. The molecule has 0 saturated carbocycles. The second-order valence-corrected chi connectivity index (χ2v) is 3.06. The minimum atomic E-state index is -0.00319. The van der Waals surface area contributed by atoms with Gasteiger partial charge in [-0.3, -0.25) is 9.78 Å². The molecule has 2 rings (SSSR count). The van der Waals surface area contributed by atoms with Crippen LogP contribution in [0, 0.1) is 0 Å². The predicted octanol–water partition coefficient (Wildman–Crippen LogP) is 0.851. The molecule has 0 radical (unpaired) electrons. The van der Waals surface area contributed by atoms with E-state index >= 15 is 0 Å². The maximum absolute atomic E-state index is 11.2. The van der Waals surface area contributed by atoms with Crippen LogP contribution in [0.5, 0.6) is 0 Å². The molecule has 0 aromatic carbocycles. The highest BCUT2D eigenvalue weighted by Crippen LogP contribution is 2.14. The van der Waals surface area contributed by atoms with E-state index in [1.54, 1.807) is 13.2 Å². The van der Waals surface area contributed by atoms with Crippen LogP contribution in [0.2, 0.25) is 0 Å². The highest BCUT2D eigenvalue weighted by atomic mass is 16.1. The normalized spacial score (nSPS) is 10.4. The quantitative estimate of drug-likeness (QED) is 0.735. The number of hydrogen-bond donors (Lipinski definition) is 2. The number of rotatable bonds is 2. The van der Waals surface area contributed by atoms with Crippen molar-refractivity contribution in [3.63, 3.8) is 0 Å². The standard InChI is InChI=1S/C10H11N3O/c1-11-9(14)5-7-6-13-8-3-2-4-12-10(7)8/h2-4,6,13H,5H2,1H3,(H,11,14). The van der Waals surface area contributed by atoms with E-state index in [4.69, 9.17) is 0 Å². The Kier molecular flexibility index (Phi) is 2.18. The summed E-state index contributed by atoms with van der Waals surface area (Å²) in [7, 11) is 1.63. The zero-order chi connectivity index (χ0) is 9.97. The lowest BCUT2D eigenvalue weighted by molar-refractivity contribution is -0.119. The van der Waals surface area contributed by atoms with Crippen LogP contribution in [0.25, 0.3) is 11.0 Å². The predicted molar refractivity (Wildman–Crippen MR) is 53.9 cm³/mol. The number of aromatic amines is 1. The van der Waals surface area contributed by atoms with Gasteiger partial charge in [-0.25, -0.2) is 0 Å². The zero-order valence-electron chi connectivity index (χ0n) is 7.87. The number of hydrogen-bond acceptors (Lipinski definition) is 2. The van der Waals surface area contributed by atoms with Gasteiger partial charge in [-0.15, -0.1) is 0 Å². The fourth-order valence-corrected chi connectivity index (χ4v) is 1.41. The molecule has 0 atom stereocenters. The van der Waals surface area contributed by atoms with Crippen LogP contribution in [-0.4, -0.2) is 22.9 Å². The molecule has 0 aliphatic rings. The maximum atomic E-state index is 11.2. The van der Waals surface area contributed by atoms with Crippen LogP contribution < -0.4 is 5.32 Å². The minimum absolute atomic E-state index is 0.00319. The number of amides is 1. The van der Waals surface area contributed by atoms with E-state index in [9.17, 15) is 4.79 Å². The van der Waals surface area contributed by atoms with E-state index in [0.29, 0.717) is 6.42 Å². The summed E-state index contributed by atoms with van der Waals surface area (Å²) in [5.41, 5.74) is 2.77. The van der Waals surface area contributed by atoms with Crippen molar-refractivity contribution in [1.29, 1.82) is 0 Å². The van der Waals surface area contributed by atoms with Crippen molar-refractivity contribution >= 4 is 16.9 Å². The van der Waals surface area contributed by atoms with E-state index in [1.807, 2.05) is 18.3 Å². The molecule has 0 fully saturated rings. The number of nitrogens with one attached hydrogen (secondary N) is 2. The van der Waals surface area contributed by atoms with E-state index in [-0.39, 0.29) is 5.91 Å². The third kappa shape index (κ3) is 1.46. The summed E-state index contributed by atoms with van der Waals surface area (Å²) in [5.74, 6) is -0.00319. The summed E-state index contributed by atoms with van der Waals surface area (Å²) in [4.78, 5) is 18.5. The number of pyridine rings is 1. The summed E-state index contributed by atoms with van der Waals surface area (Å²) in [6, 6.07) is 3.80. The van der Waals surface area contributed by atoms with Gasteiger partial charge in [-0.05, 0) is 12.1 Å². The van der Waals surface area contributed by atoms with Crippen LogP contribution in [0.4, 0.5) is 0 Å². The van der Waals surface area contributed by atoms with E-state index in [2.05, 4.69) is 15.3 Å². The number of likely N-dealkylation sites (N-methyl/N-ethyl adjacent to an activating group) is 1. The molecule has 14 heavy (non-hydrogen) atoms. The molecule has 0 bridgehead atoms. The van der Waals surface area contributed by atoms with E-state index in [1.165, 1.54) is 0 Å². The van der Waals surface area contributed by atoms with Crippen LogP contribution >= 0.6 is 0 Å². The molecule has 0 aliphatic heterocycles. The highest BCUT2D eigenvalue weighted by Gasteiger charge is 2.07. The van der Waals surface area contributed by atoms with Gasteiger partial charge in [0.2, 0.25) is 5.91 Å². The fraction of sp³-hybridized carbons (Fsp3) is 0.200. The average Bonchev–Trinajstić information content (AvgIpc) is 2.62. The average molecular weight is 189 g/mol. The topological polar surface area (TPSA) is 57.8 Å². The van der Waals surface area contributed by atoms with Crippen molar-refractivity contribution in [2.75, 3.05) is 7.05 Å². The summed E-state index contributed by atoms with van der Waals surface area (Å²) >= 11 is 0. The van der Waals surface area contributed by atoms with Gasteiger partial charge in [-0.1, -0.05) is 0 Å². The molecule has 0 aliphatic carbocycles. The lowest BCUT2D eigenvalue weighted by Crippen LogP contribution is -2.19. The molecule has 0 saturated heterocycles. The largest absolute Gasteiger partial charge is 0.360 e. The molecule has 4 nitrogen and oxygen atoms in total. The van der Waals surface area contributed by atoms with Crippen molar-refractivity contribution in [3.8, 4) is 0 Å². The zero-order valence-corrected chi connectivity index (χ0v) is 7.87. The third-order valence-corrected chi connectivity index (χ3v) is 2.14. The van der Waals surface area contributed by atoms with Crippen LogP contribution in [0.3, 0.4) is 0 Å². The van der Waals surface area contributed by atoms with E-state index in [0.717, 1.165) is 16.6 Å². The Hall–Kier alpha value is -1.84. The molecule has 4 heteroatoms. The number of nitrogens with zero attached hydrogens (tertiary/aromatic N) is 1. The number of carbonyl (C=O) groups excluding carboxylic acids is 1. The van der Waals surface area contributed by atoms with Crippen LogP contribution in [0.1, 0.15) is 5.56 Å². The molecule has 2 aromatic heterocycles. The smallest absolute Gasteiger partial charge is 0.224 e. The Morgan fingerprint density at radius 3 is 3.29 bits per heavy atom. The molecule has 2 aromatic rings. The SMILES string of the molecule is CNC(=O)Cc1c[nH]c2cccnc12. The van der Waals surface area contributed by atoms with Gasteiger partial charge in [0.1, 0.15) is 0 Å². The van der Waals surface area contributed by atoms with Crippen molar-refractivity contribution in [1.82, 2.24) is 15.3 Å². The Morgan fingerprint density at radius 1 is 1.64 bits per heavy atom. The van der Waals surface area contributed by atoms with Gasteiger partial charge in [0.05, 0.1) is 17.5 Å². The minimum Gasteiger partial charge on any atom is -0.360 e. The van der Waals surface area contributed by atoms with Crippen molar-refractivity contribution in [2.45, 2.75) is 6.42 Å². The molecule has 0 spiro atoms. The van der Waals surface area contributed by atoms with E-state index < -0.39 is 0 Å². The summed E-state index contributed by atoms with van der Waals surface area (Å²) in [6.45, 7) is 0. The number of fused-ring (bicyclic) bond motifs is 1. The maximum Gasteiger partial charge on any atom is 0.224 e. The van der Waals surface area contributed by atoms with Gasteiger partial charge in [0.15, 0.2) is 0 Å². The molecule has 0 unspecified atom stereocenters. The lowest BCUT2D eigenvalue weighted by atomic mass is 10.2. The Balaban J connectivity index is 2.38. The Labute approximate surface area is 81.3 Å². The first-order valence-corrected chi connectivity index (χ1v) is 4.43.